The van der Waals surface area contributed by atoms with Crippen molar-refractivity contribution in [2.24, 2.45) is 7.05 Å². The molecule has 0 spiro atoms. The second-order valence-electron chi connectivity index (χ2n) is 6.50. The SMILES string of the molecule is Cc1c(NC(=O)CCn2ncc3ccc(Cl)cc32)c(C(=O)N(C)C)nn1C. The largest absolute Gasteiger partial charge is 0.343 e. The van der Waals surface area contributed by atoms with Crippen molar-refractivity contribution in [3.63, 3.8) is 0 Å². The van der Waals surface area contributed by atoms with Crippen LogP contribution >= 0.6 is 11.6 Å². The van der Waals surface area contributed by atoms with E-state index >= 15 is 0 Å². The van der Waals surface area contributed by atoms with Gasteiger partial charge in [0.2, 0.25) is 5.91 Å². The molecule has 0 atom stereocenters. The topological polar surface area (TPSA) is 85.1 Å². The molecule has 0 radical (unpaired) electrons. The van der Waals surface area contributed by atoms with Crippen molar-refractivity contribution in [1.29, 1.82) is 0 Å². The van der Waals surface area contributed by atoms with E-state index in [0.29, 0.717) is 22.9 Å². The third-order valence-electron chi connectivity index (χ3n) is 4.36. The monoisotopic (exact) mass is 388 g/mol. The summed E-state index contributed by atoms with van der Waals surface area (Å²) in [5, 5.41) is 12.9. The standard InChI is InChI=1S/C18H21ClN6O2/c1-11-16(17(22-24(11)4)18(27)23(2)3)21-15(26)7-8-25-14-9-13(19)6-5-12(14)10-20-25/h5-6,9-10H,7-8H2,1-4H3,(H,21,26). The Bertz CT molecular complexity index is 1020. The first-order valence-electron chi connectivity index (χ1n) is 8.44. The van der Waals surface area contributed by atoms with Crippen LogP contribution in [0.1, 0.15) is 22.6 Å². The molecule has 3 aromatic rings. The van der Waals surface area contributed by atoms with E-state index in [9.17, 15) is 9.59 Å². The lowest BCUT2D eigenvalue weighted by Gasteiger charge is -2.11. The number of nitrogens with one attached hydrogen (secondary N) is 1. The van der Waals surface area contributed by atoms with Gasteiger partial charge in [-0.2, -0.15) is 10.2 Å². The van der Waals surface area contributed by atoms with Crippen LogP contribution in [0.3, 0.4) is 0 Å². The van der Waals surface area contributed by atoms with E-state index in [0.717, 1.165) is 10.9 Å². The third-order valence-corrected chi connectivity index (χ3v) is 4.60. The highest BCUT2D eigenvalue weighted by molar-refractivity contribution is 6.31. The molecule has 0 saturated carbocycles. The first-order chi connectivity index (χ1) is 12.8. The van der Waals surface area contributed by atoms with Crippen molar-refractivity contribution in [2.45, 2.75) is 19.9 Å². The lowest BCUT2D eigenvalue weighted by molar-refractivity contribution is -0.116. The van der Waals surface area contributed by atoms with E-state index in [1.807, 2.05) is 12.1 Å². The Morgan fingerprint density at radius 1 is 1.30 bits per heavy atom. The summed E-state index contributed by atoms with van der Waals surface area (Å²) < 4.78 is 3.32. The van der Waals surface area contributed by atoms with Crippen molar-refractivity contribution in [1.82, 2.24) is 24.5 Å². The molecule has 142 valence electrons. The van der Waals surface area contributed by atoms with E-state index in [2.05, 4.69) is 15.5 Å². The summed E-state index contributed by atoms with van der Waals surface area (Å²) in [5.74, 6) is -0.480. The summed E-state index contributed by atoms with van der Waals surface area (Å²) in [6.45, 7) is 2.20. The highest BCUT2D eigenvalue weighted by atomic mass is 35.5. The number of rotatable bonds is 5. The van der Waals surface area contributed by atoms with Crippen LogP contribution in [-0.2, 0) is 18.4 Å². The molecule has 0 fully saturated rings. The van der Waals surface area contributed by atoms with E-state index in [1.165, 1.54) is 4.90 Å². The van der Waals surface area contributed by atoms with Crippen LogP contribution in [-0.4, -0.2) is 50.4 Å². The van der Waals surface area contributed by atoms with Crippen LogP contribution in [0.2, 0.25) is 5.02 Å². The van der Waals surface area contributed by atoms with Gasteiger partial charge in [0.1, 0.15) is 0 Å². The number of hydrogen-bond donors (Lipinski definition) is 1. The van der Waals surface area contributed by atoms with E-state index in [1.54, 1.807) is 49.7 Å². The van der Waals surface area contributed by atoms with Crippen molar-refractivity contribution >= 4 is 40.0 Å². The summed E-state index contributed by atoms with van der Waals surface area (Å²) in [5.41, 5.74) is 2.25. The average Bonchev–Trinajstić information content (AvgIpc) is 3.14. The number of hydrogen-bond acceptors (Lipinski definition) is 4. The Balaban J connectivity index is 1.74. The van der Waals surface area contributed by atoms with Gasteiger partial charge < -0.3 is 10.2 Å². The van der Waals surface area contributed by atoms with Crippen molar-refractivity contribution in [3.8, 4) is 0 Å². The predicted octanol–water partition coefficient (Wildman–Crippen LogP) is 2.46. The number of nitrogens with zero attached hydrogens (tertiary/aromatic N) is 5. The van der Waals surface area contributed by atoms with Gasteiger partial charge in [-0.25, -0.2) is 0 Å². The number of benzene rings is 1. The summed E-state index contributed by atoms with van der Waals surface area (Å²) in [4.78, 5) is 26.2. The van der Waals surface area contributed by atoms with Crippen LogP contribution < -0.4 is 5.32 Å². The molecule has 2 heterocycles. The molecule has 1 N–H and O–H groups in total. The fourth-order valence-corrected chi connectivity index (χ4v) is 2.92. The fourth-order valence-electron chi connectivity index (χ4n) is 2.75. The van der Waals surface area contributed by atoms with E-state index in [4.69, 9.17) is 11.6 Å². The van der Waals surface area contributed by atoms with Crippen LogP contribution in [0, 0.1) is 6.92 Å². The Labute approximate surface area is 161 Å². The zero-order chi connectivity index (χ0) is 19.7. The molecular formula is C18H21ClN6O2. The maximum atomic E-state index is 12.5. The molecule has 9 heteroatoms. The number of amides is 2. The highest BCUT2D eigenvalue weighted by Crippen LogP contribution is 2.22. The lowest BCUT2D eigenvalue weighted by atomic mass is 10.2. The number of halogens is 1. The first kappa shape index (κ1) is 18.9. The van der Waals surface area contributed by atoms with E-state index < -0.39 is 0 Å². The van der Waals surface area contributed by atoms with Crippen LogP contribution in [0.25, 0.3) is 10.9 Å². The Kier molecular flexibility index (Phi) is 5.18. The van der Waals surface area contributed by atoms with Gasteiger partial charge in [-0.3, -0.25) is 19.0 Å². The van der Waals surface area contributed by atoms with Gasteiger partial charge in [-0.15, -0.1) is 0 Å². The van der Waals surface area contributed by atoms with Crippen molar-refractivity contribution < 1.29 is 9.59 Å². The second-order valence-corrected chi connectivity index (χ2v) is 6.94. The maximum Gasteiger partial charge on any atom is 0.276 e. The minimum Gasteiger partial charge on any atom is -0.343 e. The maximum absolute atomic E-state index is 12.5. The van der Waals surface area contributed by atoms with Gasteiger partial charge in [0, 0.05) is 38.0 Å². The lowest BCUT2D eigenvalue weighted by Crippen LogP contribution is -2.24. The Hall–Kier alpha value is -2.87. The highest BCUT2D eigenvalue weighted by Gasteiger charge is 2.22. The van der Waals surface area contributed by atoms with Gasteiger partial charge >= 0.3 is 0 Å². The predicted molar refractivity (Wildman–Crippen MR) is 104 cm³/mol. The molecule has 2 aromatic heterocycles. The van der Waals surface area contributed by atoms with E-state index in [-0.39, 0.29) is 23.9 Å². The fraction of sp³-hybridized carbons (Fsp3) is 0.333. The number of carbonyl (C=O) groups excluding carboxylic acids is 2. The number of anilines is 1. The molecule has 0 aliphatic heterocycles. The molecule has 0 bridgehead atoms. The minimum atomic E-state index is -0.262. The summed E-state index contributed by atoms with van der Waals surface area (Å²) >= 11 is 6.04. The molecule has 0 saturated heterocycles. The molecule has 1 aromatic carbocycles. The first-order valence-corrected chi connectivity index (χ1v) is 8.82. The molecule has 2 amide bonds. The van der Waals surface area contributed by atoms with Crippen molar-refractivity contribution in [2.75, 3.05) is 19.4 Å². The third kappa shape index (κ3) is 3.80. The van der Waals surface area contributed by atoms with Gasteiger partial charge in [-0.1, -0.05) is 11.6 Å². The van der Waals surface area contributed by atoms with Crippen LogP contribution in [0.15, 0.2) is 24.4 Å². The quantitative estimate of drug-likeness (QED) is 0.727. The van der Waals surface area contributed by atoms with Crippen molar-refractivity contribution in [3.05, 3.63) is 40.8 Å². The molecule has 27 heavy (non-hydrogen) atoms. The summed E-state index contributed by atoms with van der Waals surface area (Å²) in [6.07, 6.45) is 1.94. The zero-order valence-corrected chi connectivity index (χ0v) is 16.4. The molecule has 0 aliphatic rings. The smallest absolute Gasteiger partial charge is 0.276 e. The Morgan fingerprint density at radius 2 is 2.04 bits per heavy atom. The van der Waals surface area contributed by atoms with Crippen LogP contribution in [0.5, 0.6) is 0 Å². The number of fused-ring (bicyclic) bond motifs is 1. The summed E-state index contributed by atoms with van der Waals surface area (Å²) in [6, 6.07) is 5.51. The number of aromatic nitrogens is 4. The van der Waals surface area contributed by atoms with Gasteiger partial charge in [0.05, 0.1) is 29.6 Å². The van der Waals surface area contributed by atoms with Gasteiger partial charge in [0.25, 0.3) is 5.91 Å². The molecular weight excluding hydrogens is 368 g/mol. The summed E-state index contributed by atoms with van der Waals surface area (Å²) in [7, 11) is 5.02. The molecule has 3 rings (SSSR count). The zero-order valence-electron chi connectivity index (χ0n) is 15.7. The van der Waals surface area contributed by atoms with Gasteiger partial charge in [-0.05, 0) is 25.1 Å². The average molecular weight is 389 g/mol. The Morgan fingerprint density at radius 3 is 2.74 bits per heavy atom. The molecule has 0 unspecified atom stereocenters. The van der Waals surface area contributed by atoms with Crippen LogP contribution in [0.4, 0.5) is 5.69 Å². The second kappa shape index (κ2) is 7.40. The molecule has 8 nitrogen and oxygen atoms in total. The number of carbonyl (C=O) groups is 2. The van der Waals surface area contributed by atoms with Gasteiger partial charge in [0.15, 0.2) is 5.69 Å². The normalized spacial score (nSPS) is 11.0. The molecule has 0 aliphatic carbocycles. The minimum absolute atomic E-state index is 0.202. The number of aryl methyl sites for hydroxylation is 2.